The van der Waals surface area contributed by atoms with E-state index in [-0.39, 0.29) is 18.4 Å². The summed E-state index contributed by atoms with van der Waals surface area (Å²) in [6, 6.07) is 7.13. The average Bonchev–Trinajstić information content (AvgIpc) is 3.52. The van der Waals surface area contributed by atoms with Crippen molar-refractivity contribution in [3.63, 3.8) is 0 Å². The minimum absolute atomic E-state index is 0.000139. The largest absolute Gasteiger partial charge is 0.497 e. The Morgan fingerprint density at radius 1 is 1.37 bits per heavy atom. The van der Waals surface area contributed by atoms with E-state index in [4.69, 9.17) is 4.74 Å². The van der Waals surface area contributed by atoms with E-state index in [1.54, 1.807) is 42.5 Å². The molecule has 2 aliphatic rings. The van der Waals surface area contributed by atoms with E-state index < -0.39 is 0 Å². The summed E-state index contributed by atoms with van der Waals surface area (Å²) in [6.45, 7) is 0.527. The molecule has 4 rings (SSSR count). The van der Waals surface area contributed by atoms with Crippen LogP contribution in [0.2, 0.25) is 0 Å². The number of carbonyl (C=O) groups is 2. The number of anilines is 1. The second-order valence-corrected chi connectivity index (χ2v) is 6.97. The number of carbonyl (C=O) groups excluding carboxylic acids is 2. The molecule has 0 unspecified atom stereocenters. The van der Waals surface area contributed by atoms with E-state index in [0.717, 1.165) is 37.2 Å². The molecule has 7 nitrogen and oxygen atoms in total. The average molecular weight is 366 g/mol. The molecule has 2 heterocycles. The second kappa shape index (κ2) is 7.34. The molecular formula is C20H22N4O3. The van der Waals surface area contributed by atoms with E-state index >= 15 is 0 Å². The predicted octanol–water partition coefficient (Wildman–Crippen LogP) is 2.39. The summed E-state index contributed by atoms with van der Waals surface area (Å²) in [5.41, 5.74) is 1.97. The van der Waals surface area contributed by atoms with Gasteiger partial charge < -0.3 is 15.0 Å². The number of aryl methyl sites for hydroxylation is 1. The van der Waals surface area contributed by atoms with Crippen LogP contribution in [-0.4, -0.2) is 46.9 Å². The van der Waals surface area contributed by atoms with Crippen LogP contribution in [0.15, 0.2) is 30.5 Å². The number of hydrogen-bond donors (Lipinski definition) is 1. The van der Waals surface area contributed by atoms with E-state index in [1.807, 2.05) is 0 Å². The molecule has 0 saturated heterocycles. The van der Waals surface area contributed by atoms with Crippen LogP contribution in [0.5, 0.6) is 5.75 Å². The SMILES string of the molecule is COc1cccc(NC(=O)CN2CCCc3nc(C4CC4)ncc3C2=O)c1. The van der Waals surface area contributed by atoms with E-state index in [1.165, 1.54) is 0 Å². The first-order valence-corrected chi connectivity index (χ1v) is 9.23. The van der Waals surface area contributed by atoms with Crippen LogP contribution >= 0.6 is 0 Å². The number of amides is 2. The minimum Gasteiger partial charge on any atom is -0.497 e. The van der Waals surface area contributed by atoms with Crippen LogP contribution in [0.1, 0.15) is 47.1 Å². The van der Waals surface area contributed by atoms with E-state index in [0.29, 0.717) is 29.5 Å². The Morgan fingerprint density at radius 2 is 2.22 bits per heavy atom. The topological polar surface area (TPSA) is 84.4 Å². The van der Waals surface area contributed by atoms with Gasteiger partial charge in [0.05, 0.1) is 18.4 Å². The van der Waals surface area contributed by atoms with Crippen LogP contribution in [0.4, 0.5) is 5.69 Å². The molecule has 1 saturated carbocycles. The predicted molar refractivity (Wildman–Crippen MR) is 99.9 cm³/mol. The first kappa shape index (κ1) is 17.5. The lowest BCUT2D eigenvalue weighted by Gasteiger charge is -2.20. The number of benzene rings is 1. The Labute approximate surface area is 157 Å². The Hall–Kier alpha value is -2.96. The van der Waals surface area contributed by atoms with Gasteiger partial charge in [0.1, 0.15) is 18.1 Å². The van der Waals surface area contributed by atoms with Crippen molar-refractivity contribution in [3.05, 3.63) is 47.5 Å². The molecule has 27 heavy (non-hydrogen) atoms. The van der Waals surface area contributed by atoms with Gasteiger partial charge in [-0.1, -0.05) is 6.07 Å². The molecule has 0 radical (unpaired) electrons. The number of nitrogens with one attached hydrogen (secondary N) is 1. The Balaban J connectivity index is 1.45. The first-order valence-electron chi connectivity index (χ1n) is 9.23. The molecule has 2 amide bonds. The summed E-state index contributed by atoms with van der Waals surface area (Å²) in [5.74, 6) is 1.56. The van der Waals surface area contributed by atoms with Crippen molar-refractivity contribution < 1.29 is 14.3 Å². The highest BCUT2D eigenvalue weighted by Crippen LogP contribution is 2.38. The van der Waals surface area contributed by atoms with Crippen LogP contribution in [0, 0.1) is 0 Å². The molecular weight excluding hydrogens is 344 g/mol. The normalized spacial score (nSPS) is 16.5. The summed E-state index contributed by atoms with van der Waals surface area (Å²) in [4.78, 5) is 35.9. The zero-order valence-electron chi connectivity index (χ0n) is 15.3. The third-order valence-corrected chi connectivity index (χ3v) is 4.88. The van der Waals surface area contributed by atoms with Crippen LogP contribution in [0.3, 0.4) is 0 Å². The van der Waals surface area contributed by atoms with Crippen molar-refractivity contribution in [2.24, 2.45) is 0 Å². The fraction of sp³-hybridized carbons (Fsp3) is 0.400. The van der Waals surface area contributed by atoms with Gasteiger partial charge in [-0.15, -0.1) is 0 Å². The van der Waals surface area contributed by atoms with Gasteiger partial charge in [-0.25, -0.2) is 9.97 Å². The molecule has 2 aromatic rings. The van der Waals surface area contributed by atoms with Crippen LogP contribution in [0.25, 0.3) is 0 Å². The molecule has 7 heteroatoms. The molecule has 1 aromatic carbocycles. The molecule has 1 N–H and O–H groups in total. The number of rotatable bonds is 5. The van der Waals surface area contributed by atoms with Gasteiger partial charge in [-0.3, -0.25) is 9.59 Å². The van der Waals surface area contributed by atoms with Crippen molar-refractivity contribution in [1.29, 1.82) is 0 Å². The van der Waals surface area contributed by atoms with Gasteiger partial charge in [0.25, 0.3) is 5.91 Å². The first-order chi connectivity index (χ1) is 13.1. The maximum Gasteiger partial charge on any atom is 0.257 e. The number of fused-ring (bicyclic) bond motifs is 1. The zero-order chi connectivity index (χ0) is 18.8. The third kappa shape index (κ3) is 3.92. The quantitative estimate of drug-likeness (QED) is 0.878. The lowest BCUT2D eigenvalue weighted by Crippen LogP contribution is -2.38. The molecule has 0 atom stereocenters. The summed E-state index contributed by atoms with van der Waals surface area (Å²) in [7, 11) is 1.57. The highest BCUT2D eigenvalue weighted by Gasteiger charge is 2.30. The Kier molecular flexibility index (Phi) is 4.75. The molecule has 1 aromatic heterocycles. The van der Waals surface area contributed by atoms with Crippen LogP contribution in [-0.2, 0) is 11.2 Å². The third-order valence-electron chi connectivity index (χ3n) is 4.88. The molecule has 1 aliphatic carbocycles. The number of methoxy groups -OCH3 is 1. The molecule has 0 spiro atoms. The maximum absolute atomic E-state index is 12.9. The zero-order valence-corrected chi connectivity index (χ0v) is 15.3. The van der Waals surface area contributed by atoms with Gasteiger partial charge in [0.15, 0.2) is 0 Å². The summed E-state index contributed by atoms with van der Waals surface area (Å²) in [5, 5.41) is 2.82. The standard InChI is InChI=1S/C20H22N4O3/c1-27-15-5-2-4-14(10-15)22-18(25)12-24-9-3-6-17-16(20(24)26)11-21-19(23-17)13-7-8-13/h2,4-5,10-11,13H,3,6-9,12H2,1H3,(H,22,25). The van der Waals surface area contributed by atoms with Gasteiger partial charge in [-0.05, 0) is 37.8 Å². The Bertz CT molecular complexity index is 879. The van der Waals surface area contributed by atoms with Crippen molar-refractivity contribution in [2.45, 2.75) is 31.6 Å². The van der Waals surface area contributed by atoms with Gasteiger partial charge in [0, 0.05) is 30.4 Å². The second-order valence-electron chi connectivity index (χ2n) is 6.97. The summed E-state index contributed by atoms with van der Waals surface area (Å²) < 4.78 is 5.16. The van der Waals surface area contributed by atoms with E-state index in [2.05, 4.69) is 15.3 Å². The Morgan fingerprint density at radius 3 is 3.00 bits per heavy atom. The monoisotopic (exact) mass is 366 g/mol. The lowest BCUT2D eigenvalue weighted by molar-refractivity contribution is -0.116. The number of ether oxygens (including phenoxy) is 1. The maximum atomic E-state index is 12.9. The highest BCUT2D eigenvalue weighted by atomic mass is 16.5. The van der Waals surface area contributed by atoms with Crippen molar-refractivity contribution in [3.8, 4) is 5.75 Å². The fourth-order valence-corrected chi connectivity index (χ4v) is 3.27. The van der Waals surface area contributed by atoms with Gasteiger partial charge in [-0.2, -0.15) is 0 Å². The van der Waals surface area contributed by atoms with Crippen molar-refractivity contribution in [2.75, 3.05) is 25.5 Å². The van der Waals surface area contributed by atoms with E-state index in [9.17, 15) is 9.59 Å². The summed E-state index contributed by atoms with van der Waals surface area (Å²) in [6.07, 6.45) is 5.41. The fourth-order valence-electron chi connectivity index (χ4n) is 3.27. The van der Waals surface area contributed by atoms with Crippen molar-refractivity contribution in [1.82, 2.24) is 14.9 Å². The van der Waals surface area contributed by atoms with Gasteiger partial charge >= 0.3 is 0 Å². The van der Waals surface area contributed by atoms with Gasteiger partial charge in [0.2, 0.25) is 5.91 Å². The molecule has 140 valence electrons. The molecule has 0 bridgehead atoms. The number of hydrogen-bond acceptors (Lipinski definition) is 5. The number of nitrogens with zero attached hydrogens (tertiary/aromatic N) is 3. The smallest absolute Gasteiger partial charge is 0.257 e. The number of aromatic nitrogens is 2. The van der Waals surface area contributed by atoms with Crippen LogP contribution < -0.4 is 10.1 Å². The highest BCUT2D eigenvalue weighted by molar-refractivity contribution is 6.00. The van der Waals surface area contributed by atoms with Crippen molar-refractivity contribution >= 4 is 17.5 Å². The minimum atomic E-state index is -0.240. The molecule has 1 fully saturated rings. The molecule has 1 aliphatic heterocycles. The summed E-state index contributed by atoms with van der Waals surface area (Å²) >= 11 is 0. The lowest BCUT2D eigenvalue weighted by atomic mass is 10.1.